The average Bonchev–Trinajstić information content (AvgIpc) is 3.16. The lowest BCUT2D eigenvalue weighted by Crippen LogP contribution is -2.28. The Labute approximate surface area is 101 Å². The molecule has 2 aliphatic rings. The summed E-state index contributed by atoms with van der Waals surface area (Å²) < 4.78 is 13.5. The fourth-order valence-electron chi connectivity index (χ4n) is 2.32. The molecule has 2 fully saturated rings. The standard InChI is InChI=1S/C14H18FNO/c15-12-5-11(9-17)6-14(7-12)16(13-3-4-13)8-10-1-2-10/h5-7,10,13,17H,1-4,8-9H2. The van der Waals surface area contributed by atoms with Crippen molar-refractivity contribution >= 4 is 5.69 Å². The van der Waals surface area contributed by atoms with Crippen molar-refractivity contribution in [2.45, 2.75) is 38.3 Å². The van der Waals surface area contributed by atoms with Gasteiger partial charge in [0.15, 0.2) is 0 Å². The lowest BCUT2D eigenvalue weighted by molar-refractivity contribution is 0.281. The first kappa shape index (κ1) is 11.0. The molecule has 1 aromatic carbocycles. The monoisotopic (exact) mass is 235 g/mol. The van der Waals surface area contributed by atoms with E-state index in [0.29, 0.717) is 11.6 Å². The van der Waals surface area contributed by atoms with E-state index in [1.54, 1.807) is 6.07 Å². The van der Waals surface area contributed by atoms with E-state index in [-0.39, 0.29) is 12.4 Å². The summed E-state index contributed by atoms with van der Waals surface area (Å²) >= 11 is 0. The van der Waals surface area contributed by atoms with Crippen molar-refractivity contribution in [3.8, 4) is 0 Å². The second-order valence-electron chi connectivity index (χ2n) is 5.30. The minimum absolute atomic E-state index is 0.0906. The molecule has 0 bridgehead atoms. The van der Waals surface area contributed by atoms with E-state index in [0.717, 1.165) is 18.2 Å². The maximum absolute atomic E-state index is 13.5. The number of halogens is 1. The zero-order valence-corrected chi connectivity index (χ0v) is 9.90. The first-order valence-corrected chi connectivity index (χ1v) is 6.43. The molecule has 1 aromatic rings. The van der Waals surface area contributed by atoms with E-state index < -0.39 is 0 Å². The predicted octanol–water partition coefficient (Wildman–Crippen LogP) is 2.70. The predicted molar refractivity (Wildman–Crippen MR) is 65.4 cm³/mol. The van der Waals surface area contributed by atoms with Gasteiger partial charge in [-0.2, -0.15) is 0 Å². The molecule has 0 spiro atoms. The van der Waals surface area contributed by atoms with Crippen LogP contribution in [-0.4, -0.2) is 17.7 Å². The molecule has 3 heteroatoms. The van der Waals surface area contributed by atoms with Gasteiger partial charge >= 0.3 is 0 Å². The third kappa shape index (κ3) is 2.60. The van der Waals surface area contributed by atoms with Crippen LogP contribution in [0.3, 0.4) is 0 Å². The Hall–Kier alpha value is -1.09. The molecule has 0 atom stereocenters. The van der Waals surface area contributed by atoms with Crippen LogP contribution in [0.1, 0.15) is 31.2 Å². The van der Waals surface area contributed by atoms with E-state index in [2.05, 4.69) is 4.90 Å². The van der Waals surface area contributed by atoms with Crippen LogP contribution in [-0.2, 0) is 6.61 Å². The maximum Gasteiger partial charge on any atom is 0.125 e. The van der Waals surface area contributed by atoms with E-state index >= 15 is 0 Å². The van der Waals surface area contributed by atoms with Crippen molar-refractivity contribution in [1.29, 1.82) is 0 Å². The minimum Gasteiger partial charge on any atom is -0.392 e. The summed E-state index contributed by atoms with van der Waals surface area (Å²) in [6.07, 6.45) is 5.06. The van der Waals surface area contributed by atoms with Crippen molar-refractivity contribution in [3.63, 3.8) is 0 Å². The molecular weight excluding hydrogens is 217 g/mol. The molecule has 0 aromatic heterocycles. The number of hydrogen-bond acceptors (Lipinski definition) is 2. The van der Waals surface area contributed by atoms with Crippen LogP contribution in [0, 0.1) is 11.7 Å². The molecule has 0 saturated heterocycles. The fraction of sp³-hybridized carbons (Fsp3) is 0.571. The quantitative estimate of drug-likeness (QED) is 0.848. The van der Waals surface area contributed by atoms with Crippen LogP contribution in [0.2, 0.25) is 0 Å². The molecule has 2 aliphatic carbocycles. The number of nitrogens with zero attached hydrogens (tertiary/aromatic N) is 1. The van der Waals surface area contributed by atoms with Gasteiger partial charge in [0.1, 0.15) is 5.82 Å². The van der Waals surface area contributed by atoms with Gasteiger partial charge in [-0.25, -0.2) is 4.39 Å². The highest BCUT2D eigenvalue weighted by Crippen LogP contribution is 2.38. The van der Waals surface area contributed by atoms with Crippen LogP contribution in [0.15, 0.2) is 18.2 Å². The largest absolute Gasteiger partial charge is 0.392 e. The number of aliphatic hydroxyl groups is 1. The highest BCUT2D eigenvalue weighted by molar-refractivity contribution is 5.51. The van der Waals surface area contributed by atoms with Crippen LogP contribution < -0.4 is 4.90 Å². The molecule has 2 nitrogen and oxygen atoms in total. The molecule has 17 heavy (non-hydrogen) atoms. The summed E-state index contributed by atoms with van der Waals surface area (Å²) in [7, 11) is 0. The van der Waals surface area contributed by atoms with Crippen molar-refractivity contribution in [2.75, 3.05) is 11.4 Å². The van der Waals surface area contributed by atoms with Crippen LogP contribution >= 0.6 is 0 Å². The Bertz CT molecular complexity index is 413. The molecule has 0 amide bonds. The molecule has 0 aliphatic heterocycles. The van der Waals surface area contributed by atoms with Gasteiger partial charge in [-0.05, 0) is 55.4 Å². The zero-order chi connectivity index (χ0) is 11.8. The van der Waals surface area contributed by atoms with Gasteiger partial charge in [-0.15, -0.1) is 0 Å². The number of rotatable bonds is 5. The molecular formula is C14H18FNO. The van der Waals surface area contributed by atoms with Crippen molar-refractivity contribution in [1.82, 2.24) is 0 Å². The van der Waals surface area contributed by atoms with E-state index in [1.165, 1.54) is 31.7 Å². The highest BCUT2D eigenvalue weighted by Gasteiger charge is 2.34. The average molecular weight is 235 g/mol. The number of aliphatic hydroxyl groups excluding tert-OH is 1. The van der Waals surface area contributed by atoms with Gasteiger partial charge < -0.3 is 10.0 Å². The topological polar surface area (TPSA) is 23.5 Å². The molecule has 0 heterocycles. The first-order valence-electron chi connectivity index (χ1n) is 6.43. The zero-order valence-electron chi connectivity index (χ0n) is 9.90. The summed E-state index contributed by atoms with van der Waals surface area (Å²) in [4.78, 5) is 2.33. The van der Waals surface area contributed by atoms with Gasteiger partial charge in [0, 0.05) is 18.3 Å². The van der Waals surface area contributed by atoms with Gasteiger partial charge in [0.25, 0.3) is 0 Å². The van der Waals surface area contributed by atoms with Crippen LogP contribution in [0.25, 0.3) is 0 Å². The van der Waals surface area contributed by atoms with Crippen molar-refractivity contribution in [2.24, 2.45) is 5.92 Å². The summed E-state index contributed by atoms with van der Waals surface area (Å²) in [5.41, 5.74) is 1.62. The molecule has 1 N–H and O–H groups in total. The third-order valence-electron chi connectivity index (χ3n) is 3.60. The molecule has 92 valence electrons. The Morgan fingerprint density at radius 3 is 2.53 bits per heavy atom. The molecule has 3 rings (SSSR count). The van der Waals surface area contributed by atoms with E-state index in [9.17, 15) is 4.39 Å². The van der Waals surface area contributed by atoms with Crippen molar-refractivity contribution < 1.29 is 9.50 Å². The third-order valence-corrected chi connectivity index (χ3v) is 3.60. The Balaban J connectivity index is 1.85. The lowest BCUT2D eigenvalue weighted by atomic mass is 10.1. The Morgan fingerprint density at radius 2 is 1.94 bits per heavy atom. The van der Waals surface area contributed by atoms with E-state index in [1.807, 2.05) is 6.07 Å². The normalized spacial score (nSPS) is 19.4. The van der Waals surface area contributed by atoms with Gasteiger partial charge in [0.05, 0.1) is 6.61 Å². The summed E-state index contributed by atoms with van der Waals surface area (Å²) in [6.45, 7) is 0.964. The Kier molecular flexibility index (Phi) is 2.79. The summed E-state index contributed by atoms with van der Waals surface area (Å²) in [5.74, 6) is 0.560. The van der Waals surface area contributed by atoms with Gasteiger partial charge in [-0.3, -0.25) is 0 Å². The number of hydrogen-bond donors (Lipinski definition) is 1. The number of benzene rings is 1. The summed E-state index contributed by atoms with van der Waals surface area (Å²) in [6, 6.07) is 5.53. The van der Waals surface area contributed by atoms with Gasteiger partial charge in [-0.1, -0.05) is 0 Å². The fourth-order valence-corrected chi connectivity index (χ4v) is 2.32. The SMILES string of the molecule is OCc1cc(F)cc(N(CC2CC2)C2CC2)c1. The van der Waals surface area contributed by atoms with Crippen LogP contribution in [0.4, 0.5) is 10.1 Å². The van der Waals surface area contributed by atoms with Crippen LogP contribution in [0.5, 0.6) is 0 Å². The lowest BCUT2D eigenvalue weighted by Gasteiger charge is -2.25. The second-order valence-corrected chi connectivity index (χ2v) is 5.30. The Morgan fingerprint density at radius 1 is 1.18 bits per heavy atom. The van der Waals surface area contributed by atoms with E-state index in [4.69, 9.17) is 5.11 Å². The number of anilines is 1. The smallest absolute Gasteiger partial charge is 0.125 e. The van der Waals surface area contributed by atoms with Crippen molar-refractivity contribution in [3.05, 3.63) is 29.6 Å². The molecule has 0 radical (unpaired) electrons. The second kappa shape index (κ2) is 4.30. The maximum atomic E-state index is 13.5. The highest BCUT2D eigenvalue weighted by atomic mass is 19.1. The molecule has 0 unspecified atom stereocenters. The summed E-state index contributed by atoms with van der Waals surface area (Å²) in [5, 5.41) is 9.13. The first-order chi connectivity index (χ1) is 8.26. The minimum atomic E-state index is -0.243. The molecule has 2 saturated carbocycles. The van der Waals surface area contributed by atoms with Gasteiger partial charge in [0.2, 0.25) is 0 Å².